The molecule has 21 heavy (non-hydrogen) atoms. The number of nitrogens with one attached hydrogen (secondary N) is 2. The summed E-state index contributed by atoms with van der Waals surface area (Å²) in [6.45, 7) is 1.99. The van der Waals surface area contributed by atoms with Crippen LogP contribution in [0.3, 0.4) is 0 Å². The monoisotopic (exact) mass is 285 g/mol. The molecule has 2 aromatic heterocycles. The Labute approximate surface area is 121 Å². The molecule has 0 fully saturated rings. The SMILES string of the molecule is CNc1nc(Oc2ccc(C)cc2OC)c2[nH]cnc2n1. The second kappa shape index (κ2) is 5.28. The molecule has 3 rings (SSSR count). The Morgan fingerprint density at radius 2 is 2.05 bits per heavy atom. The van der Waals surface area contributed by atoms with Crippen LogP contribution in [0.25, 0.3) is 11.2 Å². The van der Waals surface area contributed by atoms with Crippen molar-refractivity contribution in [3.63, 3.8) is 0 Å². The molecule has 0 unspecified atom stereocenters. The first-order valence-corrected chi connectivity index (χ1v) is 6.42. The molecule has 2 heterocycles. The molecule has 0 aliphatic heterocycles. The van der Waals surface area contributed by atoms with E-state index in [1.165, 1.54) is 0 Å². The summed E-state index contributed by atoms with van der Waals surface area (Å²) < 4.78 is 11.2. The van der Waals surface area contributed by atoms with E-state index in [1.54, 1.807) is 20.5 Å². The summed E-state index contributed by atoms with van der Waals surface area (Å²) in [7, 11) is 3.34. The van der Waals surface area contributed by atoms with Crippen molar-refractivity contribution in [3.8, 4) is 17.4 Å². The van der Waals surface area contributed by atoms with E-state index in [1.807, 2.05) is 25.1 Å². The van der Waals surface area contributed by atoms with Crippen molar-refractivity contribution in [2.75, 3.05) is 19.5 Å². The van der Waals surface area contributed by atoms with Gasteiger partial charge in [0, 0.05) is 7.05 Å². The van der Waals surface area contributed by atoms with Crippen LogP contribution in [0.2, 0.25) is 0 Å². The molecule has 0 saturated heterocycles. The maximum absolute atomic E-state index is 5.88. The van der Waals surface area contributed by atoms with Crippen LogP contribution in [-0.2, 0) is 0 Å². The Hall–Kier alpha value is -2.83. The van der Waals surface area contributed by atoms with Gasteiger partial charge >= 0.3 is 0 Å². The number of aromatic nitrogens is 4. The van der Waals surface area contributed by atoms with Gasteiger partial charge in [0.05, 0.1) is 13.4 Å². The fourth-order valence-electron chi connectivity index (χ4n) is 1.96. The Morgan fingerprint density at radius 3 is 2.81 bits per heavy atom. The minimum atomic E-state index is 0.393. The van der Waals surface area contributed by atoms with Crippen molar-refractivity contribution in [3.05, 3.63) is 30.1 Å². The molecule has 108 valence electrons. The Kier molecular flexibility index (Phi) is 3.31. The van der Waals surface area contributed by atoms with Crippen molar-refractivity contribution in [2.24, 2.45) is 0 Å². The van der Waals surface area contributed by atoms with Gasteiger partial charge in [-0.1, -0.05) is 6.07 Å². The van der Waals surface area contributed by atoms with Gasteiger partial charge in [0.25, 0.3) is 5.88 Å². The molecular weight excluding hydrogens is 270 g/mol. The molecule has 0 spiro atoms. The highest BCUT2D eigenvalue weighted by molar-refractivity contribution is 5.77. The number of rotatable bonds is 4. The van der Waals surface area contributed by atoms with Crippen molar-refractivity contribution >= 4 is 17.1 Å². The first-order valence-electron chi connectivity index (χ1n) is 6.42. The Balaban J connectivity index is 2.07. The number of hydrogen-bond acceptors (Lipinski definition) is 6. The number of fused-ring (bicyclic) bond motifs is 1. The van der Waals surface area contributed by atoms with Crippen LogP contribution in [0.15, 0.2) is 24.5 Å². The highest BCUT2D eigenvalue weighted by Crippen LogP contribution is 2.33. The van der Waals surface area contributed by atoms with Gasteiger partial charge in [0.1, 0.15) is 5.52 Å². The first-order chi connectivity index (χ1) is 10.2. The summed E-state index contributed by atoms with van der Waals surface area (Å²) in [5.41, 5.74) is 2.26. The maximum atomic E-state index is 5.88. The lowest BCUT2D eigenvalue weighted by Gasteiger charge is -2.11. The first kappa shape index (κ1) is 13.2. The molecule has 2 N–H and O–H groups in total. The van der Waals surface area contributed by atoms with E-state index < -0.39 is 0 Å². The molecule has 0 bridgehead atoms. The number of aryl methyl sites for hydroxylation is 1. The van der Waals surface area contributed by atoms with Crippen LogP contribution in [0, 0.1) is 6.92 Å². The number of methoxy groups -OCH3 is 1. The fourth-order valence-corrected chi connectivity index (χ4v) is 1.96. The third kappa shape index (κ3) is 2.45. The van der Waals surface area contributed by atoms with Crippen LogP contribution < -0.4 is 14.8 Å². The van der Waals surface area contributed by atoms with Gasteiger partial charge in [0.2, 0.25) is 5.95 Å². The Bertz CT molecular complexity index is 784. The lowest BCUT2D eigenvalue weighted by Crippen LogP contribution is -2.00. The predicted octanol–water partition coefficient (Wildman–Crippen LogP) is 2.50. The summed E-state index contributed by atoms with van der Waals surface area (Å²) >= 11 is 0. The topological polar surface area (TPSA) is 85.0 Å². The van der Waals surface area contributed by atoms with Crippen molar-refractivity contribution in [1.82, 2.24) is 19.9 Å². The van der Waals surface area contributed by atoms with E-state index in [-0.39, 0.29) is 0 Å². The lowest BCUT2D eigenvalue weighted by molar-refractivity contribution is 0.375. The van der Waals surface area contributed by atoms with Crippen LogP contribution >= 0.6 is 0 Å². The van der Waals surface area contributed by atoms with Gasteiger partial charge in [-0.15, -0.1) is 0 Å². The molecule has 3 aromatic rings. The fraction of sp³-hybridized carbons (Fsp3) is 0.214. The van der Waals surface area contributed by atoms with Gasteiger partial charge in [-0.05, 0) is 24.6 Å². The largest absolute Gasteiger partial charge is 0.493 e. The summed E-state index contributed by atoms with van der Waals surface area (Å²) in [4.78, 5) is 15.7. The molecule has 7 heteroatoms. The van der Waals surface area contributed by atoms with Gasteiger partial charge in [-0.3, -0.25) is 0 Å². The average Bonchev–Trinajstić information content (AvgIpc) is 2.97. The molecule has 0 saturated carbocycles. The van der Waals surface area contributed by atoms with Gasteiger partial charge < -0.3 is 19.8 Å². The van der Waals surface area contributed by atoms with Crippen LogP contribution in [0.5, 0.6) is 17.4 Å². The number of nitrogens with zero attached hydrogens (tertiary/aromatic N) is 3. The lowest BCUT2D eigenvalue weighted by atomic mass is 10.2. The zero-order valence-corrected chi connectivity index (χ0v) is 12.0. The second-order valence-corrected chi connectivity index (χ2v) is 4.46. The third-order valence-corrected chi connectivity index (χ3v) is 3.00. The molecule has 1 aromatic carbocycles. The van der Waals surface area contributed by atoms with Crippen molar-refractivity contribution < 1.29 is 9.47 Å². The van der Waals surface area contributed by atoms with Gasteiger partial charge in [-0.25, -0.2) is 4.98 Å². The number of aromatic amines is 1. The molecule has 0 radical (unpaired) electrons. The summed E-state index contributed by atoms with van der Waals surface area (Å²) in [5, 5.41) is 2.89. The second-order valence-electron chi connectivity index (χ2n) is 4.46. The summed E-state index contributed by atoms with van der Waals surface area (Å²) in [6.07, 6.45) is 1.55. The Morgan fingerprint density at radius 1 is 1.19 bits per heavy atom. The van der Waals surface area contributed by atoms with E-state index in [4.69, 9.17) is 9.47 Å². The van der Waals surface area contributed by atoms with Gasteiger partial charge in [-0.2, -0.15) is 9.97 Å². The van der Waals surface area contributed by atoms with E-state index >= 15 is 0 Å². The smallest absolute Gasteiger partial charge is 0.250 e. The normalized spacial score (nSPS) is 10.6. The highest BCUT2D eigenvalue weighted by Gasteiger charge is 2.14. The molecule has 0 aliphatic carbocycles. The molecule has 7 nitrogen and oxygen atoms in total. The number of H-pyrrole nitrogens is 1. The third-order valence-electron chi connectivity index (χ3n) is 3.00. The van der Waals surface area contributed by atoms with E-state index in [0.29, 0.717) is 34.5 Å². The van der Waals surface area contributed by atoms with Crippen LogP contribution in [0.4, 0.5) is 5.95 Å². The van der Waals surface area contributed by atoms with Crippen LogP contribution in [-0.4, -0.2) is 34.1 Å². The molecule has 0 atom stereocenters. The summed E-state index contributed by atoms with van der Waals surface area (Å²) in [6, 6.07) is 5.69. The molecule has 0 amide bonds. The molecular formula is C14H15N5O2. The number of hydrogen-bond donors (Lipinski definition) is 2. The highest BCUT2D eigenvalue weighted by atomic mass is 16.5. The zero-order chi connectivity index (χ0) is 14.8. The average molecular weight is 285 g/mol. The summed E-state index contributed by atoms with van der Waals surface area (Å²) in [5.74, 6) is 2.06. The number of imidazole rings is 1. The minimum Gasteiger partial charge on any atom is -0.493 e. The van der Waals surface area contributed by atoms with Gasteiger partial charge in [0.15, 0.2) is 17.1 Å². The maximum Gasteiger partial charge on any atom is 0.250 e. The van der Waals surface area contributed by atoms with E-state index in [9.17, 15) is 0 Å². The predicted molar refractivity (Wildman–Crippen MR) is 79.0 cm³/mol. The van der Waals surface area contributed by atoms with E-state index in [2.05, 4.69) is 25.3 Å². The number of anilines is 1. The standard InChI is InChI=1S/C14H15N5O2/c1-8-4-5-9(10(6-8)20-3)21-13-11-12(17-7-16-11)18-14(15-2)19-13/h4-7H,1-3H3,(H2,15,16,17,18,19). The number of benzene rings is 1. The van der Waals surface area contributed by atoms with E-state index in [0.717, 1.165) is 5.56 Å². The van der Waals surface area contributed by atoms with Crippen LogP contribution in [0.1, 0.15) is 5.56 Å². The number of ether oxygens (including phenoxy) is 2. The molecule has 0 aliphatic rings. The quantitative estimate of drug-likeness (QED) is 0.766. The van der Waals surface area contributed by atoms with Crippen molar-refractivity contribution in [1.29, 1.82) is 0 Å². The van der Waals surface area contributed by atoms with Crippen molar-refractivity contribution in [2.45, 2.75) is 6.92 Å². The zero-order valence-electron chi connectivity index (χ0n) is 12.0. The minimum absolute atomic E-state index is 0.393.